The van der Waals surface area contributed by atoms with Gasteiger partial charge in [-0.25, -0.2) is 4.94 Å². The third-order valence-corrected chi connectivity index (χ3v) is 0.289. The molecule has 1 saturated heterocycles. The van der Waals surface area contributed by atoms with E-state index in [0.29, 0.717) is 0 Å². The zero-order valence-electron chi connectivity index (χ0n) is 2.12. The average Bonchev–Trinajstić information content (AvgIpc) is 0.722. The van der Waals surface area contributed by atoms with Crippen molar-refractivity contribution in [3.05, 3.63) is 0 Å². The smallest absolute Gasteiger partial charge is 0.0976 e. The number of hydrogen-bond acceptors (Lipinski definition) is 3. The van der Waals surface area contributed by atoms with Crippen molar-refractivity contribution in [3.63, 3.8) is 0 Å². The number of hydroxylamine groups is 2. The van der Waals surface area contributed by atoms with Crippen LogP contribution in [-0.2, 0) is 4.94 Å². The van der Waals surface area contributed by atoms with E-state index in [9.17, 15) is 0 Å². The van der Waals surface area contributed by atoms with Crippen LogP contribution >= 0.6 is 0 Å². The fourth-order valence-electron chi connectivity index (χ4n) is 0.0722. The van der Waals surface area contributed by atoms with Crippen molar-refractivity contribution in [2.24, 2.45) is 0 Å². The van der Waals surface area contributed by atoms with E-state index >= 15 is 0 Å². The molecule has 24 valence electrons. The van der Waals surface area contributed by atoms with Gasteiger partial charge in [0.25, 0.3) is 0 Å². The van der Waals surface area contributed by atoms with E-state index in [2.05, 4.69) is 15.9 Å². The molecule has 0 aromatic heterocycles. The molecular weight excluding hydrogens is 56.0 g/mol. The molecule has 0 aliphatic carbocycles. The van der Waals surface area contributed by atoms with E-state index in [4.69, 9.17) is 0 Å². The maximum atomic E-state index is 4.22. The molecule has 1 rings (SSSR count). The van der Waals surface area contributed by atoms with Gasteiger partial charge in [-0.15, -0.1) is 0 Å². The van der Waals surface area contributed by atoms with Crippen molar-refractivity contribution in [1.82, 2.24) is 11.0 Å². The lowest BCUT2D eigenvalue weighted by atomic mass is 11.2. The minimum absolute atomic E-state index is 0.778. The predicted octanol–water partition coefficient (Wildman–Crippen LogP) is -1.02. The van der Waals surface area contributed by atoms with Crippen LogP contribution in [0.2, 0.25) is 0 Å². The summed E-state index contributed by atoms with van der Waals surface area (Å²) in [5, 5.41) is 0. The molecule has 0 amide bonds. The Kier molecular flexibility index (Phi) is 0.361. The molecular formula is CH4N2O. The highest BCUT2D eigenvalue weighted by Crippen LogP contribution is 1.60. The monoisotopic (exact) mass is 60.0 g/mol. The summed E-state index contributed by atoms with van der Waals surface area (Å²) < 4.78 is 0. The van der Waals surface area contributed by atoms with Crippen molar-refractivity contribution in [2.75, 3.05) is 6.67 Å². The summed E-state index contributed by atoms with van der Waals surface area (Å²) in [7, 11) is 0. The highest BCUT2D eigenvalue weighted by atomic mass is 16.8. The maximum absolute atomic E-state index is 4.22. The maximum Gasteiger partial charge on any atom is 0.0976 e. The summed E-state index contributed by atoms with van der Waals surface area (Å²) in [6, 6.07) is 0. The van der Waals surface area contributed by atoms with Crippen molar-refractivity contribution in [3.8, 4) is 0 Å². The molecule has 4 heavy (non-hydrogen) atoms. The first-order valence-corrected chi connectivity index (χ1v) is 1.12. The zero-order chi connectivity index (χ0) is 2.83. The first kappa shape index (κ1) is 2.14. The second-order valence-corrected chi connectivity index (χ2v) is 0.568. The van der Waals surface area contributed by atoms with Gasteiger partial charge >= 0.3 is 0 Å². The lowest BCUT2D eigenvalue weighted by molar-refractivity contribution is -0.143. The zero-order valence-corrected chi connectivity index (χ0v) is 2.12. The van der Waals surface area contributed by atoms with Gasteiger partial charge in [0.2, 0.25) is 0 Å². The number of nitrogens with one attached hydrogen (secondary N) is 2. The molecule has 0 atom stereocenters. The molecule has 1 fully saturated rings. The number of hydrogen-bond donors (Lipinski definition) is 2. The second kappa shape index (κ2) is 0.676. The first-order valence-electron chi connectivity index (χ1n) is 1.12. The van der Waals surface area contributed by atoms with Crippen molar-refractivity contribution in [1.29, 1.82) is 0 Å². The summed E-state index contributed by atoms with van der Waals surface area (Å²) in [5.74, 6) is 0. The van der Waals surface area contributed by atoms with Crippen molar-refractivity contribution < 1.29 is 4.94 Å². The fraction of sp³-hybridized carbons (Fsp3) is 1.00. The Hall–Kier alpha value is -0.120. The Morgan fingerprint density at radius 3 is 1.75 bits per heavy atom. The van der Waals surface area contributed by atoms with Crippen LogP contribution in [0.1, 0.15) is 0 Å². The van der Waals surface area contributed by atoms with Gasteiger partial charge in [0, 0.05) is 0 Å². The summed E-state index contributed by atoms with van der Waals surface area (Å²) in [6.07, 6.45) is 0. The van der Waals surface area contributed by atoms with Gasteiger partial charge in [-0.1, -0.05) is 0 Å². The van der Waals surface area contributed by atoms with Crippen LogP contribution in [0.15, 0.2) is 0 Å². The van der Waals surface area contributed by atoms with Crippen LogP contribution in [0, 0.1) is 0 Å². The normalized spacial score (nSPS) is 24.0. The molecule has 0 aromatic rings. The topological polar surface area (TPSA) is 33.3 Å². The van der Waals surface area contributed by atoms with Crippen LogP contribution < -0.4 is 11.0 Å². The molecule has 0 spiro atoms. The Morgan fingerprint density at radius 1 is 1.50 bits per heavy atom. The van der Waals surface area contributed by atoms with Gasteiger partial charge < -0.3 is 0 Å². The largest absolute Gasteiger partial charge is 0.211 e. The third-order valence-electron chi connectivity index (χ3n) is 0.289. The highest BCUT2D eigenvalue weighted by Gasteiger charge is 1.90. The van der Waals surface area contributed by atoms with Crippen LogP contribution in [0.25, 0.3) is 0 Å². The standard InChI is InChI=1S/CH4N2O/c1-2-4-3-1/h2-3H,1H2. The van der Waals surface area contributed by atoms with Gasteiger partial charge in [-0.05, 0) is 0 Å². The van der Waals surface area contributed by atoms with E-state index < -0.39 is 0 Å². The number of rotatable bonds is 0. The highest BCUT2D eigenvalue weighted by molar-refractivity contribution is 4.20. The molecule has 2 N–H and O–H groups in total. The summed E-state index contributed by atoms with van der Waals surface area (Å²) in [4.78, 5) is 4.22. The molecule has 0 unspecified atom stereocenters. The van der Waals surface area contributed by atoms with Crippen molar-refractivity contribution >= 4 is 0 Å². The van der Waals surface area contributed by atoms with Crippen molar-refractivity contribution in [2.45, 2.75) is 0 Å². The fourth-order valence-corrected chi connectivity index (χ4v) is 0.0722. The summed E-state index contributed by atoms with van der Waals surface area (Å²) in [6.45, 7) is 0.778. The van der Waals surface area contributed by atoms with Crippen LogP contribution in [0.5, 0.6) is 0 Å². The van der Waals surface area contributed by atoms with Gasteiger partial charge in [-0.3, -0.25) is 0 Å². The Morgan fingerprint density at radius 2 is 1.75 bits per heavy atom. The average molecular weight is 60.1 g/mol. The van der Waals surface area contributed by atoms with Gasteiger partial charge in [0.15, 0.2) is 0 Å². The molecule has 3 heteroatoms. The lowest BCUT2D eigenvalue weighted by Crippen LogP contribution is -2.44. The third kappa shape index (κ3) is 0.0967. The van der Waals surface area contributed by atoms with Gasteiger partial charge in [0.05, 0.1) is 6.67 Å². The van der Waals surface area contributed by atoms with Crippen LogP contribution in [0.3, 0.4) is 0 Å². The minimum Gasteiger partial charge on any atom is -0.211 e. The van der Waals surface area contributed by atoms with Gasteiger partial charge in [0.1, 0.15) is 0 Å². The Labute approximate surface area is 23.9 Å². The molecule has 0 aromatic carbocycles. The van der Waals surface area contributed by atoms with Gasteiger partial charge in [-0.2, -0.15) is 11.0 Å². The predicted molar refractivity (Wildman–Crippen MR) is 12.2 cm³/mol. The quantitative estimate of drug-likeness (QED) is 0.375. The van der Waals surface area contributed by atoms with E-state index in [1.54, 1.807) is 0 Å². The van der Waals surface area contributed by atoms with Crippen LogP contribution in [-0.4, -0.2) is 6.67 Å². The lowest BCUT2D eigenvalue weighted by Gasteiger charge is -2.12. The minimum atomic E-state index is 0.778. The summed E-state index contributed by atoms with van der Waals surface area (Å²) in [5.41, 5.74) is 5.00. The molecule has 1 heterocycles. The summed E-state index contributed by atoms with van der Waals surface area (Å²) >= 11 is 0. The molecule has 3 nitrogen and oxygen atoms in total. The molecule has 1 aliphatic rings. The Balaban J connectivity index is 2.00. The van der Waals surface area contributed by atoms with E-state index in [1.165, 1.54) is 0 Å². The molecule has 0 saturated carbocycles. The Bertz CT molecular complexity index is 14.0. The first-order chi connectivity index (χ1) is 2.00. The molecule has 0 bridgehead atoms. The SMILES string of the molecule is C1NON1. The van der Waals surface area contributed by atoms with E-state index in [1.807, 2.05) is 0 Å². The second-order valence-electron chi connectivity index (χ2n) is 0.568. The van der Waals surface area contributed by atoms with Crippen LogP contribution in [0.4, 0.5) is 0 Å². The molecule has 0 radical (unpaired) electrons. The van der Waals surface area contributed by atoms with E-state index in [-0.39, 0.29) is 0 Å². The van der Waals surface area contributed by atoms with E-state index in [0.717, 1.165) is 6.67 Å². The molecule has 1 aliphatic heterocycles.